The maximum Gasteiger partial charge on any atom is 0.338 e. The van der Waals surface area contributed by atoms with E-state index >= 15 is 0 Å². The number of fused-ring (bicyclic) bond motifs is 2. The highest BCUT2D eigenvalue weighted by atomic mass is 16.7. The zero-order valence-corrected chi connectivity index (χ0v) is 16.7. The van der Waals surface area contributed by atoms with Crippen LogP contribution in [0.1, 0.15) is 39.7 Å². The molecule has 0 saturated carbocycles. The van der Waals surface area contributed by atoms with Crippen LogP contribution in [0.5, 0.6) is 11.5 Å². The molecule has 0 saturated heterocycles. The third-order valence-electron chi connectivity index (χ3n) is 5.41. The van der Waals surface area contributed by atoms with Gasteiger partial charge in [0.25, 0.3) is 5.71 Å². The van der Waals surface area contributed by atoms with Gasteiger partial charge >= 0.3 is 5.97 Å². The van der Waals surface area contributed by atoms with Gasteiger partial charge < -0.3 is 18.6 Å². The Labute approximate surface area is 174 Å². The van der Waals surface area contributed by atoms with Crippen molar-refractivity contribution in [1.82, 2.24) is 0 Å². The van der Waals surface area contributed by atoms with Crippen LogP contribution in [0, 0.1) is 0 Å². The van der Waals surface area contributed by atoms with Crippen LogP contribution < -0.4 is 9.47 Å². The van der Waals surface area contributed by atoms with E-state index in [2.05, 4.69) is 10.6 Å². The lowest BCUT2D eigenvalue weighted by Gasteiger charge is -2.18. The van der Waals surface area contributed by atoms with E-state index in [1.165, 1.54) is 5.56 Å². The van der Waals surface area contributed by atoms with Crippen molar-refractivity contribution >= 4 is 11.7 Å². The van der Waals surface area contributed by atoms with Crippen molar-refractivity contribution in [3.8, 4) is 11.5 Å². The third kappa shape index (κ3) is 3.34. The molecule has 6 heteroatoms. The largest absolute Gasteiger partial charge is 0.462 e. The van der Waals surface area contributed by atoms with E-state index in [-0.39, 0.29) is 12.8 Å². The molecular formula is C24H22NO5+. The second kappa shape index (κ2) is 7.71. The minimum Gasteiger partial charge on any atom is -0.462 e. The molecule has 30 heavy (non-hydrogen) atoms. The first-order valence-corrected chi connectivity index (χ1v) is 10.1. The summed E-state index contributed by atoms with van der Waals surface area (Å²) in [5.41, 5.74) is 5.03. The Balaban J connectivity index is 1.52. The molecule has 0 aliphatic carbocycles. The monoisotopic (exact) mass is 404 g/mol. The van der Waals surface area contributed by atoms with Gasteiger partial charge in [0.15, 0.2) is 23.8 Å². The van der Waals surface area contributed by atoms with Gasteiger partial charge in [0, 0.05) is 12.0 Å². The highest BCUT2D eigenvalue weighted by Gasteiger charge is 2.32. The first kappa shape index (κ1) is 18.5. The van der Waals surface area contributed by atoms with E-state index in [1.807, 2.05) is 42.5 Å². The van der Waals surface area contributed by atoms with Crippen molar-refractivity contribution in [3.63, 3.8) is 0 Å². The fraction of sp³-hybridized carbons (Fsp3) is 0.250. The summed E-state index contributed by atoms with van der Waals surface area (Å²) in [6.07, 6.45) is 2.59. The molecule has 5 rings (SSSR count). The van der Waals surface area contributed by atoms with Crippen LogP contribution in [0.2, 0.25) is 0 Å². The van der Waals surface area contributed by atoms with Crippen LogP contribution >= 0.6 is 0 Å². The summed E-state index contributed by atoms with van der Waals surface area (Å²) in [6, 6.07) is 15.6. The molecule has 0 atom stereocenters. The number of esters is 1. The van der Waals surface area contributed by atoms with E-state index in [1.54, 1.807) is 13.2 Å². The average Bonchev–Trinajstić information content (AvgIpc) is 3.44. The van der Waals surface area contributed by atoms with Crippen molar-refractivity contribution in [2.24, 2.45) is 0 Å². The number of furan rings is 1. The molecule has 2 aliphatic rings. The number of benzene rings is 2. The van der Waals surface area contributed by atoms with Crippen LogP contribution in [0.25, 0.3) is 0 Å². The van der Waals surface area contributed by atoms with Crippen LogP contribution in [-0.4, -0.2) is 36.2 Å². The Morgan fingerprint density at radius 3 is 2.63 bits per heavy atom. The Morgan fingerprint density at radius 1 is 1.10 bits per heavy atom. The van der Waals surface area contributed by atoms with Crippen LogP contribution in [0.4, 0.5) is 0 Å². The van der Waals surface area contributed by atoms with E-state index in [9.17, 15) is 4.79 Å². The van der Waals surface area contributed by atoms with Crippen molar-refractivity contribution in [2.75, 3.05) is 19.9 Å². The van der Waals surface area contributed by atoms with Gasteiger partial charge in [0.05, 0.1) is 24.0 Å². The quantitative estimate of drug-likeness (QED) is 0.478. The predicted octanol–water partition coefficient (Wildman–Crippen LogP) is 3.79. The summed E-state index contributed by atoms with van der Waals surface area (Å²) in [5.74, 6) is 2.09. The standard InChI is InChI=1S/C24H22NO5/c1-2-27-24(26)17-7-5-16(6-8-17)14-25-10-9-18-12-21-22(30-15-29-21)13-19(18)23(25)20-4-3-11-28-20/h3-8,11-13H,2,9-10,14-15H2,1H3/q+1. The fourth-order valence-corrected chi connectivity index (χ4v) is 3.99. The molecule has 0 fully saturated rings. The van der Waals surface area contributed by atoms with E-state index in [4.69, 9.17) is 18.6 Å². The lowest BCUT2D eigenvalue weighted by molar-refractivity contribution is -0.544. The summed E-state index contributed by atoms with van der Waals surface area (Å²) in [4.78, 5) is 11.9. The summed E-state index contributed by atoms with van der Waals surface area (Å²) < 4.78 is 24.3. The van der Waals surface area contributed by atoms with Crippen molar-refractivity contribution in [3.05, 3.63) is 82.8 Å². The molecule has 152 valence electrons. The predicted molar refractivity (Wildman–Crippen MR) is 109 cm³/mol. The first-order valence-electron chi connectivity index (χ1n) is 10.1. The van der Waals surface area contributed by atoms with Gasteiger partial charge in [-0.25, -0.2) is 9.37 Å². The summed E-state index contributed by atoms with van der Waals surface area (Å²) in [6.45, 7) is 3.98. The van der Waals surface area contributed by atoms with Crippen LogP contribution in [0.3, 0.4) is 0 Å². The number of hydrogen-bond acceptors (Lipinski definition) is 5. The van der Waals surface area contributed by atoms with Crippen molar-refractivity contribution < 1.29 is 28.0 Å². The molecule has 0 N–H and O–H groups in total. The molecule has 1 aromatic heterocycles. The fourth-order valence-electron chi connectivity index (χ4n) is 3.99. The maximum atomic E-state index is 11.9. The molecule has 3 aromatic rings. The number of carbonyl (C=O) groups excluding carboxylic acids is 1. The van der Waals surface area contributed by atoms with Crippen molar-refractivity contribution in [1.29, 1.82) is 0 Å². The van der Waals surface area contributed by atoms with Gasteiger partial charge in [0.1, 0.15) is 6.54 Å². The molecular weight excluding hydrogens is 382 g/mol. The molecule has 0 spiro atoms. The second-order valence-corrected chi connectivity index (χ2v) is 7.28. The summed E-state index contributed by atoms with van der Waals surface area (Å²) in [7, 11) is 0. The number of ether oxygens (including phenoxy) is 3. The molecule has 0 unspecified atom stereocenters. The molecule has 0 radical (unpaired) electrons. The summed E-state index contributed by atoms with van der Waals surface area (Å²) >= 11 is 0. The van der Waals surface area contributed by atoms with Crippen molar-refractivity contribution in [2.45, 2.75) is 19.9 Å². The minimum absolute atomic E-state index is 0.255. The van der Waals surface area contributed by atoms with Gasteiger partial charge in [-0.3, -0.25) is 0 Å². The van der Waals surface area contributed by atoms with E-state index in [0.29, 0.717) is 18.7 Å². The number of hydrogen-bond donors (Lipinski definition) is 0. The van der Waals surface area contributed by atoms with Gasteiger partial charge in [-0.15, -0.1) is 0 Å². The normalized spacial score (nSPS) is 14.6. The van der Waals surface area contributed by atoms with E-state index in [0.717, 1.165) is 47.1 Å². The lowest BCUT2D eigenvalue weighted by atomic mass is 9.94. The molecule has 2 aliphatic heterocycles. The van der Waals surface area contributed by atoms with Gasteiger partial charge in [-0.2, -0.15) is 0 Å². The number of rotatable bonds is 5. The first-order chi connectivity index (χ1) is 14.7. The zero-order valence-electron chi connectivity index (χ0n) is 16.7. The highest BCUT2D eigenvalue weighted by molar-refractivity contribution is 6.09. The second-order valence-electron chi connectivity index (χ2n) is 7.28. The third-order valence-corrected chi connectivity index (χ3v) is 5.41. The molecule has 0 amide bonds. The Morgan fingerprint density at radius 2 is 1.90 bits per heavy atom. The number of nitrogens with zero attached hydrogens (tertiary/aromatic N) is 1. The molecule has 0 bridgehead atoms. The zero-order chi connectivity index (χ0) is 20.5. The smallest absolute Gasteiger partial charge is 0.338 e. The molecule has 6 nitrogen and oxygen atoms in total. The highest BCUT2D eigenvalue weighted by Crippen LogP contribution is 2.37. The van der Waals surface area contributed by atoms with Gasteiger partial charge in [-0.05, 0) is 48.9 Å². The SMILES string of the molecule is CCOC(=O)c1ccc(C[N+]2=C(c3ccco3)c3cc4c(cc3CC2)OCO4)cc1. The van der Waals surface area contributed by atoms with Crippen LogP contribution in [0.15, 0.2) is 59.2 Å². The number of carbonyl (C=O) groups is 1. The lowest BCUT2D eigenvalue weighted by Crippen LogP contribution is -2.30. The Kier molecular flexibility index (Phi) is 4.75. The Bertz CT molecular complexity index is 1110. The topological polar surface area (TPSA) is 60.9 Å². The Hall–Kier alpha value is -3.54. The minimum atomic E-state index is -0.296. The van der Waals surface area contributed by atoms with Crippen LogP contribution in [-0.2, 0) is 17.7 Å². The maximum absolute atomic E-state index is 11.9. The van der Waals surface area contributed by atoms with E-state index < -0.39 is 0 Å². The molecule has 2 aromatic carbocycles. The van der Waals surface area contributed by atoms with Gasteiger partial charge in [-0.1, -0.05) is 12.1 Å². The molecule has 3 heterocycles. The summed E-state index contributed by atoms with van der Waals surface area (Å²) in [5, 5.41) is 0. The average molecular weight is 404 g/mol. The van der Waals surface area contributed by atoms with Gasteiger partial charge in [0.2, 0.25) is 6.79 Å².